The van der Waals surface area contributed by atoms with E-state index in [1.807, 2.05) is 29.2 Å². The summed E-state index contributed by atoms with van der Waals surface area (Å²) in [7, 11) is 0. The van der Waals surface area contributed by atoms with Crippen LogP contribution in [0.5, 0.6) is 0 Å². The van der Waals surface area contributed by atoms with Gasteiger partial charge in [-0.3, -0.25) is 10.3 Å². The van der Waals surface area contributed by atoms with Gasteiger partial charge in [0.25, 0.3) is 0 Å². The van der Waals surface area contributed by atoms with Crippen LogP contribution in [0.4, 0.5) is 14.5 Å². The topological polar surface area (TPSA) is 56.9 Å². The summed E-state index contributed by atoms with van der Waals surface area (Å²) in [5, 5.41) is 4.36. The van der Waals surface area contributed by atoms with Gasteiger partial charge in [0.15, 0.2) is 5.11 Å². The third-order valence-corrected chi connectivity index (χ3v) is 5.66. The van der Waals surface area contributed by atoms with Crippen LogP contribution in [0, 0.1) is 11.6 Å². The van der Waals surface area contributed by atoms with Gasteiger partial charge in [0.2, 0.25) is 0 Å². The fraction of sp³-hybridized carbons (Fsp3) is 0.333. The van der Waals surface area contributed by atoms with Crippen LogP contribution in [0.15, 0.2) is 41.5 Å². The molecule has 9 heteroatoms. The predicted octanol–water partition coefficient (Wildman–Crippen LogP) is 3.88. The quantitative estimate of drug-likeness (QED) is 0.410. The van der Waals surface area contributed by atoms with Crippen LogP contribution in [0.2, 0.25) is 5.02 Å². The second-order valence-corrected chi connectivity index (χ2v) is 8.27. The molecule has 0 bridgehead atoms. The van der Waals surface area contributed by atoms with Gasteiger partial charge in [-0.05, 0) is 43.8 Å². The lowest BCUT2D eigenvalue weighted by Gasteiger charge is -2.45. The number of benzene rings is 2. The summed E-state index contributed by atoms with van der Waals surface area (Å²) in [6.45, 7) is 6.01. The van der Waals surface area contributed by atoms with Gasteiger partial charge in [-0.1, -0.05) is 29.8 Å². The van der Waals surface area contributed by atoms with Crippen molar-refractivity contribution in [2.75, 3.05) is 18.0 Å². The summed E-state index contributed by atoms with van der Waals surface area (Å²) < 4.78 is 29.3. The molecule has 1 aliphatic heterocycles. The van der Waals surface area contributed by atoms with Crippen LogP contribution in [-0.2, 0) is 6.54 Å². The van der Waals surface area contributed by atoms with Gasteiger partial charge in [0.05, 0.1) is 11.9 Å². The van der Waals surface area contributed by atoms with Gasteiger partial charge < -0.3 is 10.6 Å². The van der Waals surface area contributed by atoms with Gasteiger partial charge >= 0.3 is 0 Å². The summed E-state index contributed by atoms with van der Waals surface area (Å²) in [5.41, 5.74) is 8.89. The third kappa shape index (κ3) is 5.24. The molecule has 0 amide bonds. The molecular formula is C21H24ClF2N5S. The Balaban J connectivity index is 1.75. The van der Waals surface area contributed by atoms with E-state index in [2.05, 4.69) is 41.5 Å². The minimum atomic E-state index is -0.571. The Hall–Kier alpha value is -2.29. The Bertz CT molecular complexity index is 943. The van der Waals surface area contributed by atoms with Crippen LogP contribution in [0.25, 0.3) is 0 Å². The van der Waals surface area contributed by atoms with Crippen LogP contribution < -0.4 is 16.1 Å². The Labute approximate surface area is 185 Å². The number of nitrogens with two attached hydrogens (primary N) is 1. The van der Waals surface area contributed by atoms with E-state index in [4.69, 9.17) is 17.3 Å². The van der Waals surface area contributed by atoms with E-state index in [0.717, 1.165) is 22.9 Å². The molecule has 2 aromatic rings. The number of hydrazone groups is 1. The van der Waals surface area contributed by atoms with Crippen molar-refractivity contribution in [3.8, 4) is 0 Å². The lowest BCUT2D eigenvalue weighted by Crippen LogP contribution is -2.56. The fourth-order valence-electron chi connectivity index (χ4n) is 3.75. The van der Waals surface area contributed by atoms with Crippen LogP contribution in [-0.4, -0.2) is 41.4 Å². The first kappa shape index (κ1) is 22.4. The standard InChI is InChI=1S/C21H24ClF2N5S/c1-13-10-28(11-14(2)29(13)12-15-5-3-4-6-17(15)22)20-8-18(23)16(7-19(20)24)9-26-27-21(25)30/h3-9,13-14H,10-12H2,1-2H3,(H3,25,27,30)/t13-,14+. The summed E-state index contributed by atoms with van der Waals surface area (Å²) >= 11 is 10.9. The Morgan fingerprint density at radius 3 is 2.53 bits per heavy atom. The van der Waals surface area contributed by atoms with Crippen molar-refractivity contribution in [2.45, 2.75) is 32.5 Å². The summed E-state index contributed by atoms with van der Waals surface area (Å²) in [6.07, 6.45) is 1.15. The molecule has 1 fully saturated rings. The first-order valence-electron chi connectivity index (χ1n) is 9.58. The predicted molar refractivity (Wildman–Crippen MR) is 122 cm³/mol. The monoisotopic (exact) mass is 451 g/mol. The van der Waals surface area contributed by atoms with E-state index in [-0.39, 0.29) is 28.4 Å². The maximum Gasteiger partial charge on any atom is 0.184 e. The molecule has 0 spiro atoms. The molecule has 1 heterocycles. The number of rotatable bonds is 5. The molecule has 1 aliphatic rings. The highest BCUT2D eigenvalue weighted by molar-refractivity contribution is 7.80. The Kier molecular flexibility index (Phi) is 7.23. The van der Waals surface area contributed by atoms with Crippen molar-refractivity contribution in [1.29, 1.82) is 0 Å². The fourth-order valence-corrected chi connectivity index (χ4v) is 3.99. The van der Waals surface area contributed by atoms with Crippen molar-refractivity contribution >= 4 is 40.8 Å². The second-order valence-electron chi connectivity index (χ2n) is 7.43. The number of hydrogen-bond acceptors (Lipinski definition) is 4. The third-order valence-electron chi connectivity index (χ3n) is 5.20. The molecule has 1 saturated heterocycles. The number of nitrogens with one attached hydrogen (secondary N) is 1. The van der Waals surface area contributed by atoms with Crippen molar-refractivity contribution in [3.63, 3.8) is 0 Å². The molecular weight excluding hydrogens is 428 g/mol. The highest BCUT2D eigenvalue weighted by atomic mass is 35.5. The number of hydrogen-bond donors (Lipinski definition) is 2. The highest BCUT2D eigenvalue weighted by Gasteiger charge is 2.31. The zero-order valence-electron chi connectivity index (χ0n) is 16.8. The Morgan fingerprint density at radius 1 is 1.23 bits per heavy atom. The van der Waals surface area contributed by atoms with E-state index in [9.17, 15) is 8.78 Å². The maximum atomic E-state index is 14.8. The number of piperazine rings is 1. The average molecular weight is 452 g/mol. The first-order valence-corrected chi connectivity index (χ1v) is 10.4. The van der Waals surface area contributed by atoms with Gasteiger partial charge in [0, 0.05) is 48.4 Å². The minimum absolute atomic E-state index is 0.0125. The molecule has 2 atom stereocenters. The zero-order valence-corrected chi connectivity index (χ0v) is 18.4. The second kappa shape index (κ2) is 9.68. The Morgan fingerprint density at radius 2 is 1.90 bits per heavy atom. The smallest absolute Gasteiger partial charge is 0.184 e. The lowest BCUT2D eigenvalue weighted by atomic mass is 10.0. The van der Waals surface area contributed by atoms with E-state index >= 15 is 0 Å². The minimum Gasteiger partial charge on any atom is -0.375 e. The molecule has 0 unspecified atom stereocenters. The maximum absolute atomic E-state index is 14.8. The number of nitrogens with zero attached hydrogens (tertiary/aromatic N) is 3. The first-order chi connectivity index (χ1) is 14.3. The van der Waals surface area contributed by atoms with Gasteiger partial charge in [-0.25, -0.2) is 8.78 Å². The molecule has 2 aromatic carbocycles. The zero-order chi connectivity index (χ0) is 21.8. The number of thiocarbonyl (C=S) groups is 1. The summed E-state index contributed by atoms with van der Waals surface area (Å²) in [5.74, 6) is -1.08. The number of halogens is 3. The molecule has 0 radical (unpaired) electrons. The van der Waals surface area contributed by atoms with Gasteiger partial charge in [0.1, 0.15) is 11.6 Å². The average Bonchev–Trinajstić information content (AvgIpc) is 2.68. The van der Waals surface area contributed by atoms with Crippen LogP contribution >= 0.6 is 23.8 Å². The molecule has 30 heavy (non-hydrogen) atoms. The number of anilines is 1. The SMILES string of the molecule is C[C@@H]1CN(c2cc(F)c(C=NNC(N)=S)cc2F)C[C@H](C)N1Cc1ccccc1Cl. The van der Waals surface area contributed by atoms with E-state index in [1.54, 1.807) is 0 Å². The normalized spacial score (nSPS) is 20.0. The molecule has 0 aromatic heterocycles. The molecule has 0 aliphatic carbocycles. The van der Waals surface area contributed by atoms with Gasteiger partial charge in [-0.15, -0.1) is 0 Å². The van der Waals surface area contributed by atoms with E-state index < -0.39 is 11.6 Å². The van der Waals surface area contributed by atoms with Gasteiger partial charge in [-0.2, -0.15) is 5.10 Å². The van der Waals surface area contributed by atoms with Crippen LogP contribution in [0.3, 0.4) is 0 Å². The largest absolute Gasteiger partial charge is 0.375 e. The van der Waals surface area contributed by atoms with Crippen molar-refractivity contribution < 1.29 is 8.78 Å². The van der Waals surface area contributed by atoms with Crippen molar-refractivity contribution in [3.05, 3.63) is 64.2 Å². The summed E-state index contributed by atoms with van der Waals surface area (Å²) in [6, 6.07) is 10.3. The van der Waals surface area contributed by atoms with E-state index in [0.29, 0.717) is 19.6 Å². The molecule has 160 valence electrons. The molecule has 5 nitrogen and oxygen atoms in total. The molecule has 0 saturated carbocycles. The summed E-state index contributed by atoms with van der Waals surface area (Å²) in [4.78, 5) is 4.21. The highest BCUT2D eigenvalue weighted by Crippen LogP contribution is 2.29. The van der Waals surface area contributed by atoms with Crippen LogP contribution in [0.1, 0.15) is 25.0 Å². The van der Waals surface area contributed by atoms with Crippen molar-refractivity contribution in [2.24, 2.45) is 10.8 Å². The van der Waals surface area contributed by atoms with E-state index in [1.165, 1.54) is 6.07 Å². The molecule has 3 N–H and O–H groups in total. The lowest BCUT2D eigenvalue weighted by molar-refractivity contribution is 0.123. The van der Waals surface area contributed by atoms with Crippen molar-refractivity contribution in [1.82, 2.24) is 10.3 Å². The molecule has 3 rings (SSSR count).